The van der Waals surface area contributed by atoms with Gasteiger partial charge < -0.3 is 4.74 Å². The summed E-state index contributed by atoms with van der Waals surface area (Å²) in [5.41, 5.74) is 1.18. The number of ether oxygens (including phenoxy) is 1. The third-order valence-corrected chi connectivity index (χ3v) is 3.16. The molecule has 0 aromatic heterocycles. The molecule has 0 unspecified atom stereocenters. The highest BCUT2D eigenvalue weighted by atomic mass is 32.2. The molecule has 3 heteroatoms. The van der Waals surface area contributed by atoms with E-state index in [2.05, 4.69) is 42.8 Å². The van der Waals surface area contributed by atoms with E-state index in [0.717, 1.165) is 6.42 Å². The van der Waals surface area contributed by atoms with Crippen molar-refractivity contribution in [2.75, 3.05) is 7.11 Å². The highest BCUT2D eigenvalue weighted by molar-refractivity contribution is 7.99. The number of methoxy groups -OCH3 is 1. The maximum Gasteiger partial charge on any atom is 0.305 e. The number of rotatable bonds is 5. The van der Waals surface area contributed by atoms with E-state index in [1.807, 2.05) is 11.8 Å². The van der Waals surface area contributed by atoms with Gasteiger partial charge in [0.1, 0.15) is 0 Å². The molecule has 0 amide bonds. The Balaban J connectivity index is 2.48. The van der Waals surface area contributed by atoms with Crippen molar-refractivity contribution in [1.29, 1.82) is 0 Å². The molecule has 0 aliphatic carbocycles. The summed E-state index contributed by atoms with van der Waals surface area (Å²) >= 11 is 1.84. The molecule has 0 aliphatic rings. The van der Waals surface area contributed by atoms with Crippen LogP contribution < -0.4 is 0 Å². The van der Waals surface area contributed by atoms with Crippen molar-refractivity contribution in [3.63, 3.8) is 0 Å². The summed E-state index contributed by atoms with van der Waals surface area (Å²) in [6.45, 7) is 4.35. The Kier molecular flexibility index (Phi) is 5.39. The zero-order valence-corrected chi connectivity index (χ0v) is 10.8. The van der Waals surface area contributed by atoms with Crippen molar-refractivity contribution in [3.05, 3.63) is 29.8 Å². The van der Waals surface area contributed by atoms with E-state index in [1.54, 1.807) is 0 Å². The van der Waals surface area contributed by atoms with Crippen LogP contribution in [0.4, 0.5) is 0 Å². The average Bonchev–Trinajstić information content (AvgIpc) is 2.27. The van der Waals surface area contributed by atoms with E-state index < -0.39 is 0 Å². The van der Waals surface area contributed by atoms with Gasteiger partial charge in [0.2, 0.25) is 0 Å². The number of esters is 1. The first-order valence-corrected chi connectivity index (χ1v) is 6.32. The summed E-state index contributed by atoms with van der Waals surface area (Å²) < 4.78 is 4.61. The van der Waals surface area contributed by atoms with Gasteiger partial charge in [-0.1, -0.05) is 26.0 Å². The number of aryl methyl sites for hydroxylation is 1. The topological polar surface area (TPSA) is 26.3 Å². The Morgan fingerprint density at radius 3 is 2.44 bits per heavy atom. The highest BCUT2D eigenvalue weighted by Gasteiger charge is 2.02. The minimum absolute atomic E-state index is 0.152. The van der Waals surface area contributed by atoms with Gasteiger partial charge in [-0.3, -0.25) is 4.79 Å². The summed E-state index contributed by atoms with van der Waals surface area (Å²) in [6, 6.07) is 8.37. The second-order valence-electron chi connectivity index (χ2n) is 3.89. The number of carbonyl (C=O) groups is 1. The maximum atomic E-state index is 11.0. The third kappa shape index (κ3) is 4.71. The molecule has 1 rings (SSSR count). The van der Waals surface area contributed by atoms with E-state index >= 15 is 0 Å². The first-order valence-electron chi connectivity index (χ1n) is 5.44. The molecule has 0 bridgehead atoms. The lowest BCUT2D eigenvalue weighted by Crippen LogP contribution is -2.01. The molecule has 1 aromatic carbocycles. The Hall–Kier alpha value is -0.960. The first-order chi connectivity index (χ1) is 7.61. The predicted molar refractivity (Wildman–Crippen MR) is 67.8 cm³/mol. The number of benzene rings is 1. The SMILES string of the molecule is COC(=O)CCc1ccc(SC(C)C)cc1. The van der Waals surface area contributed by atoms with Gasteiger partial charge in [0, 0.05) is 16.6 Å². The minimum atomic E-state index is -0.152. The molecule has 16 heavy (non-hydrogen) atoms. The van der Waals surface area contributed by atoms with Crippen LogP contribution in [0.15, 0.2) is 29.2 Å². The lowest BCUT2D eigenvalue weighted by Gasteiger charge is -2.06. The van der Waals surface area contributed by atoms with Gasteiger partial charge in [-0.05, 0) is 24.1 Å². The molecule has 0 aliphatic heterocycles. The van der Waals surface area contributed by atoms with Crippen LogP contribution in [-0.2, 0) is 16.0 Å². The molecule has 0 saturated carbocycles. The van der Waals surface area contributed by atoms with Crippen LogP contribution in [0.25, 0.3) is 0 Å². The maximum absolute atomic E-state index is 11.0. The lowest BCUT2D eigenvalue weighted by atomic mass is 10.1. The molecule has 0 heterocycles. The monoisotopic (exact) mass is 238 g/mol. The Morgan fingerprint density at radius 2 is 1.94 bits per heavy atom. The van der Waals surface area contributed by atoms with Gasteiger partial charge in [-0.2, -0.15) is 0 Å². The Morgan fingerprint density at radius 1 is 1.31 bits per heavy atom. The summed E-state index contributed by atoms with van der Waals surface area (Å²) in [5, 5.41) is 0.598. The molecule has 0 fully saturated rings. The van der Waals surface area contributed by atoms with E-state index in [1.165, 1.54) is 17.6 Å². The zero-order chi connectivity index (χ0) is 12.0. The molecular formula is C13H18O2S. The molecular weight excluding hydrogens is 220 g/mol. The van der Waals surface area contributed by atoms with Crippen molar-refractivity contribution in [2.45, 2.75) is 36.8 Å². The van der Waals surface area contributed by atoms with Crippen molar-refractivity contribution in [3.8, 4) is 0 Å². The van der Waals surface area contributed by atoms with E-state index in [-0.39, 0.29) is 5.97 Å². The molecule has 0 atom stereocenters. The van der Waals surface area contributed by atoms with Crippen LogP contribution in [-0.4, -0.2) is 18.3 Å². The molecule has 0 radical (unpaired) electrons. The van der Waals surface area contributed by atoms with Crippen LogP contribution in [0.5, 0.6) is 0 Å². The van der Waals surface area contributed by atoms with E-state index in [0.29, 0.717) is 11.7 Å². The fraction of sp³-hybridized carbons (Fsp3) is 0.462. The summed E-state index contributed by atoms with van der Waals surface area (Å²) in [5.74, 6) is -0.152. The Labute approximate surface area is 101 Å². The van der Waals surface area contributed by atoms with E-state index in [9.17, 15) is 4.79 Å². The number of thioether (sulfide) groups is 1. The van der Waals surface area contributed by atoms with Crippen molar-refractivity contribution < 1.29 is 9.53 Å². The van der Waals surface area contributed by atoms with Crippen LogP contribution in [0.1, 0.15) is 25.8 Å². The largest absolute Gasteiger partial charge is 0.469 e. The molecule has 2 nitrogen and oxygen atoms in total. The third-order valence-electron chi connectivity index (χ3n) is 2.14. The van der Waals surface area contributed by atoms with Gasteiger partial charge in [-0.25, -0.2) is 0 Å². The zero-order valence-electron chi connectivity index (χ0n) is 10.0. The van der Waals surface area contributed by atoms with Gasteiger partial charge in [0.25, 0.3) is 0 Å². The van der Waals surface area contributed by atoms with Crippen LogP contribution in [0.3, 0.4) is 0 Å². The summed E-state index contributed by atoms with van der Waals surface area (Å²) in [4.78, 5) is 12.2. The first kappa shape index (κ1) is 13.1. The van der Waals surface area contributed by atoms with Gasteiger partial charge in [0.05, 0.1) is 7.11 Å². The van der Waals surface area contributed by atoms with Crippen molar-refractivity contribution >= 4 is 17.7 Å². The van der Waals surface area contributed by atoms with Crippen molar-refractivity contribution in [1.82, 2.24) is 0 Å². The minimum Gasteiger partial charge on any atom is -0.469 e. The quantitative estimate of drug-likeness (QED) is 0.581. The average molecular weight is 238 g/mol. The molecule has 88 valence electrons. The van der Waals surface area contributed by atoms with Gasteiger partial charge >= 0.3 is 5.97 Å². The second kappa shape index (κ2) is 6.59. The van der Waals surface area contributed by atoms with Gasteiger partial charge in [-0.15, -0.1) is 11.8 Å². The standard InChI is InChI=1S/C13H18O2S/c1-10(2)16-12-7-4-11(5-8-12)6-9-13(14)15-3/h4-5,7-8,10H,6,9H2,1-3H3. The fourth-order valence-electron chi connectivity index (χ4n) is 1.36. The number of carbonyl (C=O) groups excluding carboxylic acids is 1. The molecule has 0 N–H and O–H groups in total. The predicted octanol–water partition coefficient (Wildman–Crippen LogP) is 3.29. The van der Waals surface area contributed by atoms with Crippen LogP contribution in [0, 0.1) is 0 Å². The normalized spacial score (nSPS) is 10.5. The van der Waals surface area contributed by atoms with E-state index in [4.69, 9.17) is 0 Å². The second-order valence-corrected chi connectivity index (χ2v) is 5.54. The lowest BCUT2D eigenvalue weighted by molar-refractivity contribution is -0.140. The van der Waals surface area contributed by atoms with Crippen molar-refractivity contribution in [2.24, 2.45) is 0 Å². The molecule has 1 aromatic rings. The Bertz CT molecular complexity index is 330. The number of hydrogen-bond donors (Lipinski definition) is 0. The summed E-state index contributed by atoms with van der Waals surface area (Å²) in [7, 11) is 1.42. The fourth-order valence-corrected chi connectivity index (χ4v) is 2.19. The van der Waals surface area contributed by atoms with Crippen LogP contribution in [0.2, 0.25) is 0 Å². The molecule has 0 spiro atoms. The van der Waals surface area contributed by atoms with Gasteiger partial charge in [0.15, 0.2) is 0 Å². The van der Waals surface area contributed by atoms with Crippen LogP contribution >= 0.6 is 11.8 Å². The summed E-state index contributed by atoms with van der Waals surface area (Å²) in [6.07, 6.45) is 1.20. The number of hydrogen-bond acceptors (Lipinski definition) is 3. The molecule has 0 saturated heterocycles. The highest BCUT2D eigenvalue weighted by Crippen LogP contribution is 2.23. The smallest absolute Gasteiger partial charge is 0.305 e.